The van der Waals surface area contributed by atoms with Crippen LogP contribution in [0.1, 0.15) is 23.7 Å². The number of rotatable bonds is 3. The molecule has 2 rings (SSSR count). The van der Waals surface area contributed by atoms with Gasteiger partial charge in [-0.25, -0.2) is 0 Å². The number of carbonyl (C=O) groups excluding carboxylic acids is 1. The second kappa shape index (κ2) is 5.52. The average Bonchev–Trinajstić information content (AvgIpc) is 2.38. The standard InChI is InChI=1S/C13H16ClNO2/c1-2-11-8-15(6-7-17-11)13-10(9-16)4-3-5-12(13)14/h3-5,9,11H,2,6-8H2,1H3. The largest absolute Gasteiger partial charge is 0.375 e. The first kappa shape index (κ1) is 12.4. The zero-order chi connectivity index (χ0) is 12.3. The highest BCUT2D eigenvalue weighted by Gasteiger charge is 2.22. The first-order chi connectivity index (χ1) is 8.26. The van der Waals surface area contributed by atoms with Gasteiger partial charge in [-0.3, -0.25) is 4.79 Å². The second-order valence-corrected chi connectivity index (χ2v) is 4.55. The molecule has 92 valence electrons. The fraction of sp³-hybridized carbons (Fsp3) is 0.462. The quantitative estimate of drug-likeness (QED) is 0.776. The third kappa shape index (κ3) is 2.61. The number of anilines is 1. The number of benzene rings is 1. The lowest BCUT2D eigenvalue weighted by molar-refractivity contribution is 0.0384. The van der Waals surface area contributed by atoms with Crippen LogP contribution in [-0.4, -0.2) is 32.1 Å². The predicted octanol–water partition coefficient (Wildman–Crippen LogP) is 2.77. The van der Waals surface area contributed by atoms with Gasteiger partial charge in [-0.15, -0.1) is 0 Å². The Balaban J connectivity index is 2.29. The van der Waals surface area contributed by atoms with Gasteiger partial charge in [0.25, 0.3) is 0 Å². The van der Waals surface area contributed by atoms with Crippen molar-refractivity contribution in [2.24, 2.45) is 0 Å². The van der Waals surface area contributed by atoms with Crippen molar-refractivity contribution in [3.8, 4) is 0 Å². The molecule has 1 aliphatic heterocycles. The van der Waals surface area contributed by atoms with Gasteiger partial charge in [-0.05, 0) is 18.6 Å². The first-order valence-electron chi connectivity index (χ1n) is 5.86. The van der Waals surface area contributed by atoms with Crippen molar-refractivity contribution in [1.29, 1.82) is 0 Å². The monoisotopic (exact) mass is 253 g/mol. The molecule has 1 saturated heterocycles. The number of nitrogens with zero attached hydrogens (tertiary/aromatic N) is 1. The number of halogens is 1. The van der Waals surface area contributed by atoms with Crippen LogP contribution in [0.4, 0.5) is 5.69 Å². The SMILES string of the molecule is CCC1CN(c2c(Cl)cccc2C=O)CCO1. The minimum Gasteiger partial charge on any atom is -0.375 e. The molecule has 0 spiro atoms. The molecule has 0 bridgehead atoms. The third-order valence-electron chi connectivity index (χ3n) is 3.06. The van der Waals surface area contributed by atoms with Gasteiger partial charge in [0.05, 0.1) is 23.4 Å². The van der Waals surface area contributed by atoms with E-state index in [1.54, 1.807) is 12.1 Å². The van der Waals surface area contributed by atoms with Crippen molar-refractivity contribution < 1.29 is 9.53 Å². The van der Waals surface area contributed by atoms with Crippen LogP contribution in [0.25, 0.3) is 0 Å². The van der Waals surface area contributed by atoms with Crippen molar-refractivity contribution in [2.75, 3.05) is 24.6 Å². The molecular formula is C13H16ClNO2. The Labute approximate surface area is 106 Å². The molecule has 1 aromatic carbocycles. The normalized spacial score (nSPS) is 20.4. The van der Waals surface area contributed by atoms with Crippen LogP contribution in [0, 0.1) is 0 Å². The Morgan fingerprint density at radius 3 is 3.12 bits per heavy atom. The Morgan fingerprint density at radius 2 is 2.41 bits per heavy atom. The van der Waals surface area contributed by atoms with Crippen LogP contribution in [-0.2, 0) is 4.74 Å². The summed E-state index contributed by atoms with van der Waals surface area (Å²) in [6, 6.07) is 5.41. The van der Waals surface area contributed by atoms with Gasteiger partial charge in [0, 0.05) is 18.7 Å². The number of para-hydroxylation sites is 1. The minimum absolute atomic E-state index is 0.222. The molecule has 1 aromatic rings. The van der Waals surface area contributed by atoms with Crippen molar-refractivity contribution in [2.45, 2.75) is 19.4 Å². The number of hydrogen-bond acceptors (Lipinski definition) is 3. The Kier molecular flexibility index (Phi) is 4.02. The van der Waals surface area contributed by atoms with Crippen molar-refractivity contribution in [1.82, 2.24) is 0 Å². The average molecular weight is 254 g/mol. The zero-order valence-electron chi connectivity index (χ0n) is 9.86. The molecule has 0 saturated carbocycles. The van der Waals surface area contributed by atoms with E-state index in [-0.39, 0.29) is 6.10 Å². The minimum atomic E-state index is 0.222. The van der Waals surface area contributed by atoms with E-state index in [9.17, 15) is 4.79 Å². The summed E-state index contributed by atoms with van der Waals surface area (Å²) in [6.07, 6.45) is 2.05. The first-order valence-corrected chi connectivity index (χ1v) is 6.24. The molecule has 17 heavy (non-hydrogen) atoms. The van der Waals surface area contributed by atoms with Crippen molar-refractivity contribution in [3.63, 3.8) is 0 Å². The number of hydrogen-bond donors (Lipinski definition) is 0. The van der Waals surface area contributed by atoms with Gasteiger partial charge in [0.2, 0.25) is 0 Å². The molecule has 1 atom stereocenters. The Morgan fingerprint density at radius 1 is 1.59 bits per heavy atom. The van der Waals surface area contributed by atoms with Crippen LogP contribution in [0.3, 0.4) is 0 Å². The summed E-state index contributed by atoms with van der Waals surface area (Å²) in [5.41, 5.74) is 1.49. The molecule has 0 amide bonds. The molecular weight excluding hydrogens is 238 g/mol. The van der Waals surface area contributed by atoms with E-state index >= 15 is 0 Å². The molecule has 0 N–H and O–H groups in total. The molecule has 1 unspecified atom stereocenters. The number of aldehydes is 1. The summed E-state index contributed by atoms with van der Waals surface area (Å²) in [5, 5.41) is 0.631. The van der Waals surface area contributed by atoms with Gasteiger partial charge in [-0.2, -0.15) is 0 Å². The number of carbonyl (C=O) groups is 1. The molecule has 0 radical (unpaired) electrons. The van der Waals surface area contributed by atoms with E-state index in [0.29, 0.717) is 17.2 Å². The van der Waals surface area contributed by atoms with Crippen LogP contribution in [0.5, 0.6) is 0 Å². The summed E-state index contributed by atoms with van der Waals surface area (Å²) in [6.45, 7) is 4.35. The van der Waals surface area contributed by atoms with Crippen LogP contribution < -0.4 is 4.90 Å². The maximum absolute atomic E-state index is 11.1. The summed E-state index contributed by atoms with van der Waals surface area (Å²) >= 11 is 6.19. The molecule has 1 fully saturated rings. The lowest BCUT2D eigenvalue weighted by Crippen LogP contribution is -2.42. The molecule has 1 heterocycles. The maximum atomic E-state index is 11.1. The Hall–Kier alpha value is -1.06. The van der Waals surface area contributed by atoms with Crippen molar-refractivity contribution >= 4 is 23.6 Å². The highest BCUT2D eigenvalue weighted by Crippen LogP contribution is 2.30. The van der Waals surface area contributed by atoms with E-state index in [2.05, 4.69) is 11.8 Å². The topological polar surface area (TPSA) is 29.5 Å². The number of ether oxygens (including phenoxy) is 1. The zero-order valence-corrected chi connectivity index (χ0v) is 10.6. The van der Waals surface area contributed by atoms with Crippen molar-refractivity contribution in [3.05, 3.63) is 28.8 Å². The summed E-state index contributed by atoms with van der Waals surface area (Å²) in [5.74, 6) is 0. The fourth-order valence-corrected chi connectivity index (χ4v) is 2.43. The fourth-order valence-electron chi connectivity index (χ4n) is 2.13. The summed E-state index contributed by atoms with van der Waals surface area (Å²) in [7, 11) is 0. The maximum Gasteiger partial charge on any atom is 0.152 e. The van der Waals surface area contributed by atoms with Gasteiger partial charge in [0.15, 0.2) is 6.29 Å². The second-order valence-electron chi connectivity index (χ2n) is 4.14. The van der Waals surface area contributed by atoms with Crippen LogP contribution in [0.15, 0.2) is 18.2 Å². The van der Waals surface area contributed by atoms with E-state index < -0.39 is 0 Å². The van der Waals surface area contributed by atoms with Crippen LogP contribution in [0.2, 0.25) is 5.02 Å². The van der Waals surface area contributed by atoms with E-state index in [1.165, 1.54) is 0 Å². The summed E-state index contributed by atoms with van der Waals surface area (Å²) in [4.78, 5) is 13.2. The highest BCUT2D eigenvalue weighted by atomic mass is 35.5. The molecule has 1 aliphatic rings. The van der Waals surface area contributed by atoms with E-state index in [0.717, 1.165) is 31.5 Å². The van der Waals surface area contributed by atoms with E-state index in [1.807, 2.05) is 6.07 Å². The van der Waals surface area contributed by atoms with Crippen LogP contribution >= 0.6 is 11.6 Å². The molecule has 4 heteroatoms. The molecule has 0 aliphatic carbocycles. The molecule has 0 aromatic heterocycles. The highest BCUT2D eigenvalue weighted by molar-refractivity contribution is 6.33. The molecule has 3 nitrogen and oxygen atoms in total. The smallest absolute Gasteiger partial charge is 0.152 e. The van der Waals surface area contributed by atoms with E-state index in [4.69, 9.17) is 16.3 Å². The van der Waals surface area contributed by atoms with Gasteiger partial charge in [-0.1, -0.05) is 24.6 Å². The van der Waals surface area contributed by atoms with Gasteiger partial charge < -0.3 is 9.64 Å². The Bertz CT molecular complexity index is 408. The summed E-state index contributed by atoms with van der Waals surface area (Å²) < 4.78 is 5.62. The predicted molar refractivity (Wildman–Crippen MR) is 69.1 cm³/mol. The third-order valence-corrected chi connectivity index (χ3v) is 3.36. The number of morpholine rings is 1. The lowest BCUT2D eigenvalue weighted by atomic mass is 10.1. The van der Waals surface area contributed by atoms with Gasteiger partial charge in [0.1, 0.15) is 0 Å². The van der Waals surface area contributed by atoms with Gasteiger partial charge >= 0.3 is 0 Å². The lowest BCUT2D eigenvalue weighted by Gasteiger charge is -2.35.